The van der Waals surface area contributed by atoms with Gasteiger partial charge < -0.3 is 33.7 Å². The molecule has 12 heteroatoms. The van der Waals surface area contributed by atoms with E-state index in [9.17, 15) is 24.0 Å². The van der Waals surface area contributed by atoms with Gasteiger partial charge in [-0.3, -0.25) is 24.0 Å². The van der Waals surface area contributed by atoms with Crippen molar-refractivity contribution in [1.29, 1.82) is 0 Å². The Morgan fingerprint density at radius 1 is 0.567 bits per heavy atom. The number of carbonyl (C=O) groups excluding carboxylic acids is 5. The van der Waals surface area contributed by atoms with Crippen LogP contribution in [-0.2, 0) is 52.4 Å². The lowest BCUT2D eigenvalue weighted by atomic mass is 9.84. The lowest BCUT2D eigenvalue weighted by molar-refractivity contribution is -0.276. The van der Waals surface area contributed by atoms with Crippen LogP contribution in [0.1, 0.15) is 216 Å². The van der Waals surface area contributed by atoms with Crippen LogP contribution in [0.5, 0.6) is 0 Å². The van der Waals surface area contributed by atoms with Crippen molar-refractivity contribution in [3.63, 3.8) is 0 Å². The van der Waals surface area contributed by atoms with E-state index in [2.05, 4.69) is 12.2 Å². The first-order valence-electron chi connectivity index (χ1n) is 24.0. The molecule has 12 nitrogen and oxygen atoms in total. The van der Waals surface area contributed by atoms with Crippen LogP contribution in [0.2, 0.25) is 0 Å². The standard InChI is InChI=1S/C48H87NO11/c1-9-11-12-13-14-15-16-17-18-19-20-21-22-23-24-25-26-27-28-29-30-31-32-33-45(54)49-42(47(59-41(8)53)43(10-2)57-39(6)51)34-56-48-37(4)36(3)46(58-40(7)52)44(60-48)35-55-38(5)50/h36-37,42-44,46-48H,9-35H2,1-8H3,(H,49,54)/t36?,37?,42-,43+,44?,46?,47-,48?/m0/s1. The molecule has 60 heavy (non-hydrogen) atoms. The summed E-state index contributed by atoms with van der Waals surface area (Å²) in [5, 5.41) is 3.00. The second-order valence-corrected chi connectivity index (χ2v) is 17.3. The first-order chi connectivity index (χ1) is 28.8. The third kappa shape index (κ3) is 26.6. The zero-order valence-electron chi connectivity index (χ0n) is 39.2. The molecule has 1 amide bonds. The fourth-order valence-electron chi connectivity index (χ4n) is 8.13. The van der Waals surface area contributed by atoms with E-state index in [-0.39, 0.29) is 37.4 Å². The third-order valence-corrected chi connectivity index (χ3v) is 11.8. The zero-order chi connectivity index (χ0) is 44.5. The highest BCUT2D eigenvalue weighted by atomic mass is 16.7. The van der Waals surface area contributed by atoms with Gasteiger partial charge in [0.25, 0.3) is 0 Å². The van der Waals surface area contributed by atoms with E-state index in [0.29, 0.717) is 12.8 Å². The Morgan fingerprint density at radius 3 is 1.42 bits per heavy atom. The first-order valence-corrected chi connectivity index (χ1v) is 24.0. The van der Waals surface area contributed by atoms with Gasteiger partial charge in [0.1, 0.15) is 24.9 Å². The van der Waals surface area contributed by atoms with Crippen LogP contribution in [-0.4, -0.2) is 79.7 Å². The van der Waals surface area contributed by atoms with E-state index in [0.717, 1.165) is 19.3 Å². The lowest BCUT2D eigenvalue weighted by Crippen LogP contribution is -2.56. The third-order valence-electron chi connectivity index (χ3n) is 11.8. The zero-order valence-corrected chi connectivity index (χ0v) is 39.2. The summed E-state index contributed by atoms with van der Waals surface area (Å²) < 4.78 is 34.5. The molecule has 1 saturated heterocycles. The predicted molar refractivity (Wildman–Crippen MR) is 235 cm³/mol. The summed E-state index contributed by atoms with van der Waals surface area (Å²) in [4.78, 5) is 61.2. The minimum Gasteiger partial charge on any atom is -0.463 e. The molecule has 1 N–H and O–H groups in total. The van der Waals surface area contributed by atoms with Gasteiger partial charge in [-0.05, 0) is 12.8 Å². The topological polar surface area (TPSA) is 153 Å². The maximum Gasteiger partial charge on any atom is 0.303 e. The summed E-state index contributed by atoms with van der Waals surface area (Å²) in [6.07, 6.45) is 26.3. The molecule has 1 aliphatic rings. The molecule has 0 spiro atoms. The van der Waals surface area contributed by atoms with E-state index in [1.807, 2.05) is 13.8 Å². The summed E-state index contributed by atoms with van der Waals surface area (Å²) in [5.74, 6) is -2.88. The molecular weight excluding hydrogens is 767 g/mol. The molecule has 0 radical (unpaired) electrons. The van der Waals surface area contributed by atoms with E-state index in [1.165, 1.54) is 150 Å². The molecule has 350 valence electrons. The summed E-state index contributed by atoms with van der Waals surface area (Å²) in [5.41, 5.74) is 0. The molecule has 1 heterocycles. The second kappa shape index (κ2) is 34.8. The van der Waals surface area contributed by atoms with Crippen molar-refractivity contribution in [1.82, 2.24) is 5.32 Å². The number of unbranched alkanes of at least 4 members (excludes halogenated alkanes) is 22. The molecule has 1 aliphatic heterocycles. The van der Waals surface area contributed by atoms with Gasteiger partial charge in [0.15, 0.2) is 12.4 Å². The Morgan fingerprint density at radius 2 is 1.02 bits per heavy atom. The average Bonchev–Trinajstić information content (AvgIpc) is 3.19. The summed E-state index contributed by atoms with van der Waals surface area (Å²) >= 11 is 0. The number of hydrogen-bond acceptors (Lipinski definition) is 11. The molecule has 0 bridgehead atoms. The van der Waals surface area contributed by atoms with E-state index in [1.54, 1.807) is 6.92 Å². The Hall–Kier alpha value is -2.73. The van der Waals surface area contributed by atoms with Crippen LogP contribution in [0.25, 0.3) is 0 Å². The molecular formula is C48H87NO11. The summed E-state index contributed by atoms with van der Waals surface area (Å²) in [6, 6.07) is -0.876. The molecule has 0 aromatic carbocycles. The van der Waals surface area contributed by atoms with Gasteiger partial charge in [0, 0.05) is 46.0 Å². The minimum absolute atomic E-state index is 0.138. The summed E-state index contributed by atoms with van der Waals surface area (Å²) in [6.45, 7) is 12.7. The summed E-state index contributed by atoms with van der Waals surface area (Å²) in [7, 11) is 0. The van der Waals surface area contributed by atoms with Crippen molar-refractivity contribution < 1.29 is 52.4 Å². The van der Waals surface area contributed by atoms with Gasteiger partial charge in [-0.25, -0.2) is 0 Å². The maximum absolute atomic E-state index is 13.4. The number of ether oxygens (including phenoxy) is 6. The van der Waals surface area contributed by atoms with Gasteiger partial charge in [-0.2, -0.15) is 0 Å². The Labute approximate surface area is 364 Å². The van der Waals surface area contributed by atoms with Crippen LogP contribution in [0.15, 0.2) is 0 Å². The van der Waals surface area contributed by atoms with Crippen molar-refractivity contribution in [2.75, 3.05) is 13.2 Å². The SMILES string of the molecule is CCCCCCCCCCCCCCCCCCCCCCCCCC(=O)N[C@@H](COC1OC(COC(C)=O)C(OC(C)=O)C(C)C1C)[C@H](OC(C)=O)[C@@H](CC)OC(C)=O. The van der Waals surface area contributed by atoms with Gasteiger partial charge in [0.2, 0.25) is 5.91 Å². The average molecular weight is 854 g/mol. The van der Waals surface area contributed by atoms with Gasteiger partial charge in [0.05, 0.1) is 12.6 Å². The van der Waals surface area contributed by atoms with E-state index in [4.69, 9.17) is 28.4 Å². The highest BCUT2D eigenvalue weighted by Gasteiger charge is 2.45. The van der Waals surface area contributed by atoms with Crippen molar-refractivity contribution in [3.05, 3.63) is 0 Å². The van der Waals surface area contributed by atoms with Gasteiger partial charge in [-0.1, -0.05) is 169 Å². The lowest BCUT2D eigenvalue weighted by Gasteiger charge is -2.44. The van der Waals surface area contributed by atoms with Crippen molar-refractivity contribution in [2.24, 2.45) is 11.8 Å². The van der Waals surface area contributed by atoms with Gasteiger partial charge >= 0.3 is 23.9 Å². The highest BCUT2D eigenvalue weighted by Crippen LogP contribution is 2.34. The quantitative estimate of drug-likeness (QED) is 0.0364. The Bertz CT molecular complexity index is 1170. The predicted octanol–water partition coefficient (Wildman–Crippen LogP) is 10.6. The molecule has 0 aromatic heterocycles. The van der Waals surface area contributed by atoms with Crippen LogP contribution >= 0.6 is 0 Å². The normalized spacial score (nSPS) is 20.4. The molecule has 0 aromatic rings. The number of esters is 4. The van der Waals surface area contributed by atoms with Crippen molar-refractivity contribution >= 4 is 29.8 Å². The van der Waals surface area contributed by atoms with Gasteiger partial charge in [-0.15, -0.1) is 0 Å². The Kier molecular flexibility index (Phi) is 32.1. The number of nitrogens with one attached hydrogen (secondary N) is 1. The number of carbonyl (C=O) groups is 5. The highest BCUT2D eigenvalue weighted by molar-refractivity contribution is 5.76. The van der Waals surface area contributed by atoms with Crippen LogP contribution in [0, 0.1) is 11.8 Å². The number of hydrogen-bond donors (Lipinski definition) is 1. The van der Waals surface area contributed by atoms with E-state index < -0.39 is 60.6 Å². The molecule has 8 atom stereocenters. The maximum atomic E-state index is 13.4. The molecule has 0 saturated carbocycles. The smallest absolute Gasteiger partial charge is 0.303 e. The molecule has 1 fully saturated rings. The minimum atomic E-state index is -1.03. The van der Waals surface area contributed by atoms with Crippen LogP contribution in [0.3, 0.4) is 0 Å². The van der Waals surface area contributed by atoms with Crippen LogP contribution in [0.4, 0.5) is 0 Å². The van der Waals surface area contributed by atoms with Crippen molar-refractivity contribution in [2.45, 2.75) is 253 Å². The largest absolute Gasteiger partial charge is 0.463 e. The van der Waals surface area contributed by atoms with Crippen LogP contribution < -0.4 is 5.32 Å². The molecule has 0 aliphatic carbocycles. The number of rotatable bonds is 36. The number of amides is 1. The molecule has 5 unspecified atom stereocenters. The monoisotopic (exact) mass is 854 g/mol. The Balaban J connectivity index is 2.52. The van der Waals surface area contributed by atoms with E-state index >= 15 is 0 Å². The fraction of sp³-hybridized carbons (Fsp3) is 0.896. The van der Waals surface area contributed by atoms with Crippen molar-refractivity contribution in [3.8, 4) is 0 Å². The second-order valence-electron chi connectivity index (χ2n) is 17.3. The first kappa shape index (κ1) is 55.3. The molecule has 1 rings (SSSR count). The fourth-order valence-corrected chi connectivity index (χ4v) is 8.13.